The van der Waals surface area contributed by atoms with Gasteiger partial charge in [0.2, 0.25) is 0 Å². The van der Waals surface area contributed by atoms with E-state index in [1.807, 2.05) is 12.1 Å². The summed E-state index contributed by atoms with van der Waals surface area (Å²) in [5.41, 5.74) is 0.637. The predicted molar refractivity (Wildman–Crippen MR) is 81.0 cm³/mol. The normalized spacial score (nSPS) is 13.2. The second-order valence-electron chi connectivity index (χ2n) is 6.28. The van der Waals surface area contributed by atoms with E-state index in [1.165, 1.54) is 0 Å². The molecule has 2 rings (SSSR count). The van der Waals surface area contributed by atoms with Crippen LogP contribution in [0.1, 0.15) is 26.5 Å². The third-order valence-electron chi connectivity index (χ3n) is 3.82. The molecule has 0 bridgehead atoms. The van der Waals surface area contributed by atoms with Gasteiger partial charge in [-0.05, 0) is 30.3 Å². The first-order chi connectivity index (χ1) is 8.71. The average molecular weight is 298 g/mol. The molecule has 0 N–H and O–H groups in total. The standard InChI is InChI=1S/C14H20ClNO2Si/c1-14(2,3)19(4,5)17-9-11-8-10-6-7-16-13(15)12(10)18-11/h6-8H,9H2,1-5H3. The molecular weight excluding hydrogens is 278 g/mol. The summed E-state index contributed by atoms with van der Waals surface area (Å²) in [5, 5.41) is 1.56. The summed E-state index contributed by atoms with van der Waals surface area (Å²) in [5.74, 6) is 0.801. The highest BCUT2D eigenvalue weighted by atomic mass is 35.5. The van der Waals surface area contributed by atoms with E-state index in [4.69, 9.17) is 20.4 Å². The van der Waals surface area contributed by atoms with Crippen LogP contribution in [0.4, 0.5) is 0 Å². The van der Waals surface area contributed by atoms with Gasteiger partial charge in [-0.2, -0.15) is 0 Å². The van der Waals surface area contributed by atoms with Crippen LogP contribution >= 0.6 is 11.6 Å². The van der Waals surface area contributed by atoms with E-state index in [1.54, 1.807) is 6.20 Å². The van der Waals surface area contributed by atoms with Gasteiger partial charge in [-0.25, -0.2) is 4.98 Å². The van der Waals surface area contributed by atoms with Gasteiger partial charge in [0.05, 0.1) is 6.61 Å². The first-order valence-corrected chi connectivity index (χ1v) is 9.66. The van der Waals surface area contributed by atoms with E-state index < -0.39 is 8.32 Å². The zero-order chi connectivity index (χ0) is 14.3. The Bertz CT molecular complexity index is 587. The Morgan fingerprint density at radius 3 is 2.63 bits per heavy atom. The lowest BCUT2D eigenvalue weighted by atomic mass is 10.2. The first-order valence-electron chi connectivity index (χ1n) is 6.37. The number of nitrogens with zero attached hydrogens (tertiary/aromatic N) is 1. The van der Waals surface area contributed by atoms with Crippen molar-refractivity contribution in [3.05, 3.63) is 29.2 Å². The number of pyridine rings is 1. The molecule has 2 heterocycles. The van der Waals surface area contributed by atoms with Crippen molar-refractivity contribution in [3.63, 3.8) is 0 Å². The number of hydrogen-bond donors (Lipinski definition) is 0. The number of furan rings is 1. The van der Waals surface area contributed by atoms with Gasteiger partial charge in [0.15, 0.2) is 19.1 Å². The first kappa shape index (κ1) is 14.6. The van der Waals surface area contributed by atoms with Gasteiger partial charge in [-0.15, -0.1) is 0 Å². The van der Waals surface area contributed by atoms with Crippen LogP contribution in [0.5, 0.6) is 0 Å². The van der Waals surface area contributed by atoms with Gasteiger partial charge >= 0.3 is 0 Å². The fourth-order valence-corrected chi connectivity index (χ4v) is 2.66. The maximum atomic E-state index is 6.13. The van der Waals surface area contributed by atoms with E-state index in [0.29, 0.717) is 17.3 Å². The molecule has 2 aromatic heterocycles. The minimum absolute atomic E-state index is 0.193. The molecule has 19 heavy (non-hydrogen) atoms. The lowest BCUT2D eigenvalue weighted by molar-refractivity contribution is 0.249. The number of hydrogen-bond acceptors (Lipinski definition) is 3. The fraction of sp³-hybridized carbons (Fsp3) is 0.500. The van der Waals surface area contributed by atoms with Crippen molar-refractivity contribution in [3.8, 4) is 0 Å². The number of halogens is 1. The molecule has 0 aliphatic rings. The molecule has 0 radical (unpaired) electrons. The van der Waals surface area contributed by atoms with Gasteiger partial charge in [-0.3, -0.25) is 0 Å². The van der Waals surface area contributed by atoms with Crippen molar-refractivity contribution < 1.29 is 8.84 Å². The molecule has 0 unspecified atom stereocenters. The highest BCUT2D eigenvalue weighted by Crippen LogP contribution is 2.37. The Morgan fingerprint density at radius 2 is 2.05 bits per heavy atom. The zero-order valence-electron chi connectivity index (χ0n) is 12.1. The van der Waals surface area contributed by atoms with Crippen LogP contribution in [0, 0.1) is 0 Å². The minimum Gasteiger partial charge on any atom is -0.455 e. The molecule has 0 atom stereocenters. The molecule has 0 amide bonds. The van der Waals surface area contributed by atoms with Gasteiger partial charge in [-0.1, -0.05) is 32.4 Å². The van der Waals surface area contributed by atoms with Crippen molar-refractivity contribution in [2.45, 2.75) is 45.5 Å². The Labute approximate surface area is 120 Å². The van der Waals surface area contributed by atoms with Gasteiger partial charge in [0.1, 0.15) is 5.76 Å². The van der Waals surface area contributed by atoms with Crippen molar-refractivity contribution in [2.75, 3.05) is 0 Å². The predicted octanol–water partition coefficient (Wildman–Crippen LogP) is 5.00. The Hall–Kier alpha value is -0.843. The maximum absolute atomic E-state index is 6.13. The third kappa shape index (κ3) is 3.01. The van der Waals surface area contributed by atoms with Crippen molar-refractivity contribution in [2.24, 2.45) is 0 Å². The van der Waals surface area contributed by atoms with Crippen LogP contribution in [0.25, 0.3) is 11.0 Å². The quantitative estimate of drug-likeness (QED) is 0.590. The molecule has 2 aromatic rings. The highest BCUT2D eigenvalue weighted by Gasteiger charge is 2.37. The lowest BCUT2D eigenvalue weighted by Gasteiger charge is -2.35. The molecule has 0 saturated heterocycles. The van der Waals surface area contributed by atoms with Crippen molar-refractivity contribution in [1.29, 1.82) is 0 Å². The summed E-state index contributed by atoms with van der Waals surface area (Å²) >= 11 is 6.00. The van der Waals surface area contributed by atoms with Crippen LogP contribution < -0.4 is 0 Å². The van der Waals surface area contributed by atoms with Crippen LogP contribution in [-0.2, 0) is 11.0 Å². The molecule has 5 heteroatoms. The van der Waals surface area contributed by atoms with Gasteiger partial charge in [0, 0.05) is 11.6 Å². The molecule has 104 valence electrons. The van der Waals surface area contributed by atoms with Gasteiger partial charge < -0.3 is 8.84 Å². The van der Waals surface area contributed by atoms with Crippen LogP contribution in [0.15, 0.2) is 22.7 Å². The Morgan fingerprint density at radius 1 is 1.37 bits per heavy atom. The SMILES string of the molecule is CC(C)(C)[Si](C)(C)OCc1cc2ccnc(Cl)c2o1. The molecule has 0 aromatic carbocycles. The fourth-order valence-electron chi connectivity index (χ4n) is 1.52. The Kier molecular flexibility index (Phi) is 3.77. The molecule has 0 saturated carbocycles. The average Bonchev–Trinajstić information content (AvgIpc) is 2.69. The summed E-state index contributed by atoms with van der Waals surface area (Å²) in [4.78, 5) is 4.01. The summed E-state index contributed by atoms with van der Waals surface area (Å²) in [6, 6.07) is 3.86. The molecule has 0 spiro atoms. The second kappa shape index (κ2) is 4.92. The summed E-state index contributed by atoms with van der Waals surface area (Å²) in [6.07, 6.45) is 1.68. The van der Waals surface area contributed by atoms with Crippen LogP contribution in [0.3, 0.4) is 0 Å². The monoisotopic (exact) mass is 297 g/mol. The molecule has 0 fully saturated rings. The molecule has 0 aliphatic heterocycles. The van der Waals surface area contributed by atoms with E-state index in [9.17, 15) is 0 Å². The third-order valence-corrected chi connectivity index (χ3v) is 8.57. The smallest absolute Gasteiger partial charge is 0.192 e. The number of fused-ring (bicyclic) bond motifs is 1. The summed E-state index contributed by atoms with van der Waals surface area (Å²) < 4.78 is 11.8. The van der Waals surface area contributed by atoms with E-state index in [-0.39, 0.29) is 5.04 Å². The molecular formula is C14H20ClNO2Si. The molecule has 3 nitrogen and oxygen atoms in total. The second-order valence-corrected chi connectivity index (χ2v) is 11.4. The van der Waals surface area contributed by atoms with E-state index >= 15 is 0 Å². The topological polar surface area (TPSA) is 35.3 Å². The van der Waals surface area contributed by atoms with Gasteiger partial charge in [0.25, 0.3) is 0 Å². The van der Waals surface area contributed by atoms with E-state index in [2.05, 4.69) is 38.8 Å². The summed E-state index contributed by atoms with van der Waals surface area (Å²) in [7, 11) is -1.76. The van der Waals surface area contributed by atoms with Crippen LogP contribution in [-0.4, -0.2) is 13.3 Å². The minimum atomic E-state index is -1.76. The zero-order valence-corrected chi connectivity index (χ0v) is 13.8. The lowest BCUT2D eigenvalue weighted by Crippen LogP contribution is -2.40. The Balaban J connectivity index is 2.17. The molecule has 0 aliphatic carbocycles. The number of rotatable bonds is 3. The summed E-state index contributed by atoms with van der Waals surface area (Å²) in [6.45, 7) is 11.6. The largest absolute Gasteiger partial charge is 0.455 e. The van der Waals surface area contributed by atoms with Crippen molar-refractivity contribution >= 4 is 30.9 Å². The maximum Gasteiger partial charge on any atom is 0.192 e. The van der Waals surface area contributed by atoms with Crippen LogP contribution in [0.2, 0.25) is 23.3 Å². The van der Waals surface area contributed by atoms with Crippen molar-refractivity contribution in [1.82, 2.24) is 4.98 Å². The van der Waals surface area contributed by atoms with E-state index in [0.717, 1.165) is 11.1 Å². The number of aromatic nitrogens is 1. The highest BCUT2D eigenvalue weighted by molar-refractivity contribution is 6.74.